The van der Waals surface area contributed by atoms with Gasteiger partial charge in [0.2, 0.25) is 0 Å². The summed E-state index contributed by atoms with van der Waals surface area (Å²) in [6.45, 7) is 9.54. The molecule has 2 heteroatoms. The Kier molecular flexibility index (Phi) is 18.1. The third kappa shape index (κ3) is 12.1. The number of anilines is 6. The lowest BCUT2D eigenvalue weighted by Crippen LogP contribution is -2.40. The van der Waals surface area contributed by atoms with Crippen molar-refractivity contribution in [3.05, 3.63) is 540 Å². The van der Waals surface area contributed by atoms with Crippen molar-refractivity contribution >= 4 is 55.7 Å². The van der Waals surface area contributed by atoms with Crippen molar-refractivity contribution < 1.29 is 0 Å². The lowest BCUT2D eigenvalue weighted by Gasteiger charge is -2.46. The topological polar surface area (TPSA) is 6.48 Å². The van der Waals surface area contributed by atoms with Crippen LogP contribution in [0.2, 0.25) is 0 Å². The zero-order valence-electron chi connectivity index (χ0n) is 70.9. The third-order valence-electron chi connectivity index (χ3n) is 27.9. The number of hydrogen-bond acceptors (Lipinski definition) is 2. The maximum absolute atomic E-state index is 2.45. The van der Waals surface area contributed by atoms with Crippen molar-refractivity contribution in [2.45, 2.75) is 49.4 Å². The number of rotatable bonds is 12. The Balaban J connectivity index is 0.000000145. The molecule has 4 aliphatic carbocycles. The monoisotopic (exact) mass is 1610 g/mol. The lowest BCUT2D eigenvalue weighted by molar-refractivity contribution is 0.563. The molecule has 2 spiro atoms. The van der Waals surface area contributed by atoms with Crippen LogP contribution in [0.3, 0.4) is 0 Å². The molecule has 20 aromatic rings. The summed E-state index contributed by atoms with van der Waals surface area (Å²) < 4.78 is 0. The van der Waals surface area contributed by atoms with Crippen molar-refractivity contribution in [1.29, 1.82) is 0 Å². The number of hydrogen-bond donors (Lipinski definition) is 0. The Morgan fingerprint density at radius 3 is 0.754 bits per heavy atom. The van der Waals surface area contributed by atoms with E-state index in [-0.39, 0.29) is 21.7 Å². The van der Waals surface area contributed by atoms with E-state index < -0.39 is 0 Å². The fraction of sp³-hybridized carbons (Fsp3) is 0.0645. The van der Waals surface area contributed by atoms with Crippen LogP contribution in [0.4, 0.5) is 34.1 Å². The minimum atomic E-state index is -0.389. The van der Waals surface area contributed by atoms with Gasteiger partial charge in [0, 0.05) is 44.8 Å². The summed E-state index contributed by atoms with van der Waals surface area (Å²) in [5.74, 6) is 0. The van der Waals surface area contributed by atoms with Gasteiger partial charge < -0.3 is 9.80 Å². The van der Waals surface area contributed by atoms with Crippen LogP contribution >= 0.6 is 0 Å². The van der Waals surface area contributed by atoms with Gasteiger partial charge in [-0.05, 0) is 263 Å². The zero-order chi connectivity index (χ0) is 84.2. The van der Waals surface area contributed by atoms with Crippen LogP contribution in [-0.2, 0) is 21.7 Å². The van der Waals surface area contributed by atoms with Crippen LogP contribution < -0.4 is 9.80 Å². The maximum Gasteiger partial charge on any atom is 0.0719 e. The predicted molar refractivity (Wildman–Crippen MR) is 529 cm³/mol. The summed E-state index contributed by atoms with van der Waals surface area (Å²) in [4.78, 5) is 4.77. The fourth-order valence-electron chi connectivity index (χ4n) is 21.9. The Hall–Kier alpha value is -15.5. The van der Waals surface area contributed by atoms with Gasteiger partial charge in [0.1, 0.15) is 0 Å². The number of para-hydroxylation sites is 1. The summed E-state index contributed by atoms with van der Waals surface area (Å²) in [5, 5.41) is 4.82. The molecule has 0 heterocycles. The second kappa shape index (κ2) is 30.2. The predicted octanol–water partition coefficient (Wildman–Crippen LogP) is 32.6. The highest BCUT2D eigenvalue weighted by atomic mass is 15.1. The summed E-state index contributed by atoms with van der Waals surface area (Å²) in [5.41, 5.74) is 42.1. The highest BCUT2D eigenvalue weighted by molar-refractivity contribution is 5.99. The first-order chi connectivity index (χ1) is 62.0. The molecule has 0 amide bonds. The van der Waals surface area contributed by atoms with Crippen molar-refractivity contribution in [1.82, 2.24) is 0 Å². The van der Waals surface area contributed by atoms with E-state index in [1.807, 2.05) is 0 Å². The molecule has 20 aromatic carbocycles. The molecule has 126 heavy (non-hydrogen) atoms. The third-order valence-corrected chi connectivity index (χ3v) is 27.9. The molecule has 0 unspecified atom stereocenters. The number of fused-ring (bicyclic) bond motifs is 20. The average molecular weight is 1610 g/mol. The van der Waals surface area contributed by atoms with Crippen molar-refractivity contribution in [2.75, 3.05) is 9.80 Å². The van der Waals surface area contributed by atoms with Gasteiger partial charge in [0.05, 0.1) is 16.5 Å². The Morgan fingerprint density at radius 1 is 0.143 bits per heavy atom. The quantitative estimate of drug-likeness (QED) is 0.120. The second-order valence-corrected chi connectivity index (χ2v) is 35.3. The molecule has 0 bridgehead atoms. The summed E-state index contributed by atoms with van der Waals surface area (Å²) in [6.07, 6.45) is 0. The van der Waals surface area contributed by atoms with Crippen LogP contribution in [0, 0.1) is 0 Å². The van der Waals surface area contributed by atoms with E-state index in [4.69, 9.17) is 0 Å². The van der Waals surface area contributed by atoms with E-state index in [1.165, 1.54) is 177 Å². The van der Waals surface area contributed by atoms with E-state index in [2.05, 4.69) is 511 Å². The molecule has 0 saturated carbocycles. The standard InChI is InChI=1S/2C62H45N/c1-61(2)56-24-12-14-26-58(56)62(59-27-15-13-25-57(59)61)54-23-11-9-22-52(54)53-41-48(34-38-55(53)62)45-29-30-47-40-50(37-33-46(47)39-45)63(49-35-31-43(32-36-49)42-17-5-3-6-18-42)60-28-16-10-21-51(60)44-19-7-4-8-20-44;1-61(2)57-21-11-13-23-59(57)62(60-24-14-12-22-58(60)61)55-20-10-9-19-53(55)54-41-49(32-38-56(54)62)46-25-26-48-40-52(37-31-47(48)39-46)63(50-33-27-44(28-34-50)42-15-5-3-6-16-42)51-35-29-45(30-36-51)43-17-7-4-8-18-43/h2*3-41H,1-2H3. The Labute approximate surface area is 738 Å². The first-order valence-corrected chi connectivity index (χ1v) is 44.2. The van der Waals surface area contributed by atoms with E-state index in [0.717, 1.165) is 34.1 Å². The molecule has 0 atom stereocenters. The van der Waals surface area contributed by atoms with Gasteiger partial charge in [-0.2, -0.15) is 0 Å². The Morgan fingerprint density at radius 2 is 0.381 bits per heavy atom. The molecular formula is C124H90N2. The number of benzene rings is 20. The maximum atomic E-state index is 2.45. The highest BCUT2D eigenvalue weighted by Gasteiger charge is 2.55. The molecule has 0 N–H and O–H groups in total. The van der Waals surface area contributed by atoms with Crippen LogP contribution in [0.1, 0.15) is 94.5 Å². The lowest BCUT2D eigenvalue weighted by atomic mass is 9.55. The smallest absolute Gasteiger partial charge is 0.0719 e. The Bertz CT molecular complexity index is 7430. The van der Waals surface area contributed by atoms with E-state index in [0.29, 0.717) is 0 Å². The van der Waals surface area contributed by atoms with Gasteiger partial charge in [-0.15, -0.1) is 0 Å². The molecule has 2 nitrogen and oxygen atoms in total. The SMILES string of the molecule is CC1(C)c2ccccc2C2(c3ccccc3-c3cc(-c4ccc5cc(N(c6ccc(-c7ccccc7)cc6)c6ccc(-c7ccccc7)cc6)ccc5c4)ccc32)c2ccccc21.CC1(C)c2ccccc2C2(c3ccccc3-c3cc(-c4ccc5cc(N(c6ccc(-c7ccccc7)cc6)c6ccccc6-c6ccccc6)ccc5c4)ccc32)c2ccccc21. The summed E-state index contributed by atoms with van der Waals surface area (Å²) in [6, 6.07) is 175. The van der Waals surface area contributed by atoms with E-state index in [9.17, 15) is 0 Å². The van der Waals surface area contributed by atoms with Crippen molar-refractivity contribution in [2.24, 2.45) is 0 Å². The molecule has 0 aliphatic heterocycles. The summed E-state index contributed by atoms with van der Waals surface area (Å²) in [7, 11) is 0. The normalized spacial score (nSPS) is 13.8. The van der Waals surface area contributed by atoms with Gasteiger partial charge in [-0.1, -0.05) is 410 Å². The van der Waals surface area contributed by atoms with E-state index >= 15 is 0 Å². The molecule has 4 aliphatic rings. The molecule has 0 fully saturated rings. The van der Waals surface area contributed by atoms with Crippen molar-refractivity contribution in [3.8, 4) is 89.0 Å². The van der Waals surface area contributed by atoms with Crippen LogP contribution in [0.15, 0.2) is 473 Å². The van der Waals surface area contributed by atoms with Gasteiger partial charge in [-0.25, -0.2) is 0 Å². The summed E-state index contributed by atoms with van der Waals surface area (Å²) >= 11 is 0. The molecule has 596 valence electrons. The van der Waals surface area contributed by atoms with Gasteiger partial charge >= 0.3 is 0 Å². The largest absolute Gasteiger partial charge is 0.310 e. The van der Waals surface area contributed by atoms with Crippen LogP contribution in [0.25, 0.3) is 111 Å². The first-order valence-electron chi connectivity index (χ1n) is 44.2. The van der Waals surface area contributed by atoms with Gasteiger partial charge in [0.25, 0.3) is 0 Å². The minimum Gasteiger partial charge on any atom is -0.310 e. The molecule has 0 saturated heterocycles. The molecular weight excluding hydrogens is 1520 g/mol. The van der Waals surface area contributed by atoms with Crippen LogP contribution in [0.5, 0.6) is 0 Å². The van der Waals surface area contributed by atoms with Crippen LogP contribution in [-0.4, -0.2) is 0 Å². The number of nitrogens with zero attached hydrogens (tertiary/aromatic N) is 2. The molecule has 0 radical (unpaired) electrons. The van der Waals surface area contributed by atoms with Crippen molar-refractivity contribution in [3.63, 3.8) is 0 Å². The fourth-order valence-corrected chi connectivity index (χ4v) is 21.9. The van der Waals surface area contributed by atoms with Gasteiger partial charge in [-0.3, -0.25) is 0 Å². The molecule has 24 rings (SSSR count). The van der Waals surface area contributed by atoms with Gasteiger partial charge in [0.15, 0.2) is 0 Å². The first kappa shape index (κ1) is 75.5. The zero-order valence-corrected chi connectivity index (χ0v) is 70.9. The molecule has 0 aromatic heterocycles. The second-order valence-electron chi connectivity index (χ2n) is 35.3. The highest BCUT2D eigenvalue weighted by Crippen LogP contribution is 2.65. The van der Waals surface area contributed by atoms with E-state index in [1.54, 1.807) is 0 Å². The average Bonchev–Trinajstić information content (AvgIpc) is 1.48. The minimum absolute atomic E-state index is 0.113.